The Bertz CT molecular complexity index is 250. The van der Waals surface area contributed by atoms with E-state index in [1.54, 1.807) is 0 Å². The molecule has 0 atom stereocenters. The summed E-state index contributed by atoms with van der Waals surface area (Å²) in [6.07, 6.45) is 7.88. The summed E-state index contributed by atoms with van der Waals surface area (Å²) in [6.45, 7) is 7.50. The van der Waals surface area contributed by atoms with Crippen LogP contribution < -0.4 is 11.1 Å². The van der Waals surface area contributed by atoms with Crippen molar-refractivity contribution in [2.24, 2.45) is 10.7 Å². The summed E-state index contributed by atoms with van der Waals surface area (Å²) in [4.78, 5) is 4.41. The summed E-state index contributed by atoms with van der Waals surface area (Å²) in [5.41, 5.74) is 5.94. The fourth-order valence-corrected chi connectivity index (χ4v) is 2.99. The molecule has 0 unspecified atom stereocenters. The van der Waals surface area contributed by atoms with Crippen LogP contribution in [0.4, 0.5) is 0 Å². The van der Waals surface area contributed by atoms with Crippen LogP contribution in [0, 0.1) is 0 Å². The maximum absolute atomic E-state index is 5.94. The predicted octanol–water partition coefficient (Wildman–Crippen LogP) is 3.15. The quantitative estimate of drug-likeness (QED) is 0.357. The van der Waals surface area contributed by atoms with Crippen molar-refractivity contribution < 1.29 is 0 Å². The third-order valence-corrected chi connectivity index (χ3v) is 4.37. The number of aliphatic imine (C=N–C) groups is 1. The van der Waals surface area contributed by atoms with Gasteiger partial charge in [0.15, 0.2) is 5.96 Å². The lowest BCUT2D eigenvalue weighted by Gasteiger charge is -2.18. The van der Waals surface area contributed by atoms with Crippen molar-refractivity contribution in [1.29, 1.82) is 0 Å². The molecule has 0 aromatic heterocycles. The number of hydrogen-bond acceptors (Lipinski definition) is 2. The Morgan fingerprint density at radius 2 is 1.83 bits per heavy atom. The Morgan fingerprint density at radius 1 is 1.22 bits per heavy atom. The molecule has 0 bridgehead atoms. The number of thioether (sulfide) groups is 1. The zero-order valence-corrected chi connectivity index (χ0v) is 13.0. The van der Waals surface area contributed by atoms with Gasteiger partial charge in [0.1, 0.15) is 0 Å². The first-order chi connectivity index (χ1) is 8.47. The zero-order chi connectivity index (χ0) is 13.4. The smallest absolute Gasteiger partial charge is 0.188 e. The molecule has 0 saturated heterocycles. The Hall–Kier alpha value is -0.380. The lowest BCUT2D eigenvalue weighted by molar-refractivity contribution is 0.530. The Kier molecular flexibility index (Phi) is 6.90. The third kappa shape index (κ3) is 7.85. The highest BCUT2D eigenvalue weighted by atomic mass is 32.2. The minimum absolute atomic E-state index is 0.318. The molecule has 1 aliphatic rings. The molecule has 0 aliphatic heterocycles. The van der Waals surface area contributed by atoms with Crippen LogP contribution in [-0.2, 0) is 0 Å². The van der Waals surface area contributed by atoms with Gasteiger partial charge in [-0.3, -0.25) is 4.99 Å². The summed E-state index contributed by atoms with van der Waals surface area (Å²) in [6, 6.07) is 0.548. The largest absolute Gasteiger partial charge is 0.370 e. The van der Waals surface area contributed by atoms with E-state index in [-0.39, 0.29) is 0 Å². The Balaban J connectivity index is 2.20. The lowest BCUT2D eigenvalue weighted by Crippen LogP contribution is -2.40. The van der Waals surface area contributed by atoms with Crippen LogP contribution in [0.5, 0.6) is 0 Å². The van der Waals surface area contributed by atoms with Crippen molar-refractivity contribution in [3.05, 3.63) is 0 Å². The van der Waals surface area contributed by atoms with Gasteiger partial charge in [-0.1, -0.05) is 46.5 Å². The first kappa shape index (κ1) is 15.7. The molecular weight excluding hydrogens is 242 g/mol. The van der Waals surface area contributed by atoms with E-state index in [0.29, 0.717) is 16.7 Å². The molecule has 1 fully saturated rings. The fourth-order valence-electron chi connectivity index (χ4n) is 2.20. The summed E-state index contributed by atoms with van der Waals surface area (Å²) >= 11 is 1.93. The summed E-state index contributed by atoms with van der Waals surface area (Å²) in [5, 5.41) is 3.37. The first-order valence-electron chi connectivity index (χ1n) is 7.18. The van der Waals surface area contributed by atoms with Gasteiger partial charge in [0.25, 0.3) is 0 Å². The summed E-state index contributed by atoms with van der Waals surface area (Å²) in [7, 11) is 0. The van der Waals surface area contributed by atoms with Crippen molar-refractivity contribution in [3.8, 4) is 0 Å². The molecule has 0 spiro atoms. The predicted molar refractivity (Wildman–Crippen MR) is 83.3 cm³/mol. The zero-order valence-electron chi connectivity index (χ0n) is 12.2. The molecule has 0 aromatic rings. The maximum Gasteiger partial charge on any atom is 0.188 e. The van der Waals surface area contributed by atoms with Crippen LogP contribution in [0.3, 0.4) is 0 Å². The van der Waals surface area contributed by atoms with Crippen molar-refractivity contribution >= 4 is 17.7 Å². The highest BCUT2D eigenvalue weighted by Gasteiger charge is 2.12. The van der Waals surface area contributed by atoms with Crippen molar-refractivity contribution in [1.82, 2.24) is 5.32 Å². The van der Waals surface area contributed by atoms with Crippen LogP contribution in [-0.4, -0.2) is 29.0 Å². The van der Waals surface area contributed by atoms with E-state index in [0.717, 1.165) is 12.3 Å². The molecule has 0 radical (unpaired) electrons. The van der Waals surface area contributed by atoms with Crippen LogP contribution in [0.1, 0.15) is 59.3 Å². The average Bonchev–Trinajstić information content (AvgIpc) is 2.52. The molecule has 1 rings (SSSR count). The second kappa shape index (κ2) is 7.93. The van der Waals surface area contributed by atoms with E-state index in [4.69, 9.17) is 5.73 Å². The lowest BCUT2D eigenvalue weighted by atomic mass is 10.1. The number of nitrogens with one attached hydrogen (secondary N) is 1. The molecule has 1 aliphatic carbocycles. The van der Waals surface area contributed by atoms with Crippen molar-refractivity contribution in [2.45, 2.75) is 70.1 Å². The van der Waals surface area contributed by atoms with E-state index in [9.17, 15) is 0 Å². The minimum atomic E-state index is 0.318. The molecule has 106 valence electrons. The number of guanidine groups is 1. The maximum atomic E-state index is 5.94. The fraction of sp³-hybridized carbons (Fsp3) is 0.929. The molecular formula is C14H29N3S. The minimum Gasteiger partial charge on any atom is -0.370 e. The van der Waals surface area contributed by atoms with Crippen LogP contribution in [0.15, 0.2) is 4.99 Å². The second-order valence-corrected chi connectivity index (χ2v) is 7.98. The van der Waals surface area contributed by atoms with E-state index >= 15 is 0 Å². The van der Waals surface area contributed by atoms with E-state index in [1.165, 1.54) is 38.5 Å². The van der Waals surface area contributed by atoms with Gasteiger partial charge in [0.2, 0.25) is 0 Å². The van der Waals surface area contributed by atoms with Gasteiger partial charge >= 0.3 is 0 Å². The summed E-state index contributed by atoms with van der Waals surface area (Å²) < 4.78 is 0.318. The number of nitrogens with two attached hydrogens (primary N) is 1. The highest BCUT2D eigenvalue weighted by Crippen LogP contribution is 2.22. The van der Waals surface area contributed by atoms with Gasteiger partial charge < -0.3 is 11.1 Å². The molecule has 18 heavy (non-hydrogen) atoms. The SMILES string of the molecule is CC(C)(C)SCCN=C(N)NC1CCCCCC1. The van der Waals surface area contributed by atoms with Gasteiger partial charge in [0.05, 0.1) is 6.54 Å². The second-order valence-electron chi connectivity index (χ2n) is 6.06. The van der Waals surface area contributed by atoms with Gasteiger partial charge in [0, 0.05) is 16.5 Å². The third-order valence-electron chi connectivity index (χ3n) is 3.12. The molecule has 0 amide bonds. The van der Waals surface area contributed by atoms with Crippen LogP contribution in [0.25, 0.3) is 0 Å². The van der Waals surface area contributed by atoms with Gasteiger partial charge in [-0.25, -0.2) is 0 Å². The molecule has 4 heteroatoms. The van der Waals surface area contributed by atoms with E-state index < -0.39 is 0 Å². The van der Waals surface area contributed by atoms with Crippen LogP contribution in [0.2, 0.25) is 0 Å². The Morgan fingerprint density at radius 3 is 2.39 bits per heavy atom. The van der Waals surface area contributed by atoms with E-state index in [2.05, 4.69) is 31.1 Å². The van der Waals surface area contributed by atoms with Gasteiger partial charge in [-0.05, 0) is 12.8 Å². The molecule has 3 nitrogen and oxygen atoms in total. The topological polar surface area (TPSA) is 50.4 Å². The number of hydrogen-bond donors (Lipinski definition) is 2. The first-order valence-corrected chi connectivity index (χ1v) is 8.16. The van der Waals surface area contributed by atoms with Gasteiger partial charge in [-0.2, -0.15) is 11.8 Å². The van der Waals surface area contributed by atoms with Crippen molar-refractivity contribution in [2.75, 3.05) is 12.3 Å². The summed E-state index contributed by atoms with van der Waals surface area (Å²) in [5.74, 6) is 1.67. The molecule has 1 saturated carbocycles. The monoisotopic (exact) mass is 271 g/mol. The van der Waals surface area contributed by atoms with Crippen LogP contribution >= 0.6 is 11.8 Å². The number of rotatable bonds is 4. The van der Waals surface area contributed by atoms with E-state index in [1.807, 2.05) is 11.8 Å². The average molecular weight is 271 g/mol. The highest BCUT2D eigenvalue weighted by molar-refractivity contribution is 8.00. The molecule has 0 heterocycles. The molecule has 0 aromatic carbocycles. The van der Waals surface area contributed by atoms with Gasteiger partial charge in [-0.15, -0.1) is 0 Å². The number of nitrogens with zero attached hydrogens (tertiary/aromatic N) is 1. The normalized spacial score (nSPS) is 19.6. The Labute approximate surface area is 116 Å². The molecule has 3 N–H and O–H groups in total. The standard InChI is InChI=1S/C14H29N3S/c1-14(2,3)18-11-10-16-13(15)17-12-8-6-4-5-7-9-12/h12H,4-11H2,1-3H3,(H3,15,16,17). The van der Waals surface area contributed by atoms with Crippen molar-refractivity contribution in [3.63, 3.8) is 0 Å².